The Hall–Kier alpha value is -1.36. The van der Waals surface area contributed by atoms with Gasteiger partial charge in [0.05, 0.1) is 6.61 Å². The highest BCUT2D eigenvalue weighted by molar-refractivity contribution is 5.36. The average molecular weight is 169 g/mol. The summed E-state index contributed by atoms with van der Waals surface area (Å²) in [5.74, 6) is 0.624. The first-order valence-corrected chi connectivity index (χ1v) is 3.52. The Labute approximate surface area is 69.6 Å². The first-order chi connectivity index (χ1) is 5.65. The summed E-state index contributed by atoms with van der Waals surface area (Å²) in [5.41, 5.74) is -0.0169. The molecule has 5 heteroatoms. The van der Waals surface area contributed by atoms with E-state index in [1.54, 1.807) is 11.0 Å². The summed E-state index contributed by atoms with van der Waals surface area (Å²) in [6.45, 7) is -0.265. The first-order valence-electron chi connectivity index (χ1n) is 3.52. The van der Waals surface area contributed by atoms with Crippen LogP contribution in [0.5, 0.6) is 0 Å². The van der Waals surface area contributed by atoms with Crippen molar-refractivity contribution in [1.82, 2.24) is 10.2 Å². The topological polar surface area (TPSA) is 69.2 Å². The molecule has 1 aromatic heterocycles. The van der Waals surface area contributed by atoms with Crippen LogP contribution >= 0.6 is 0 Å². The lowest BCUT2D eigenvalue weighted by Crippen LogP contribution is -2.19. The molecule has 5 nitrogen and oxygen atoms in total. The van der Waals surface area contributed by atoms with Crippen molar-refractivity contribution >= 4 is 5.82 Å². The van der Waals surface area contributed by atoms with Gasteiger partial charge in [-0.25, -0.2) is 5.10 Å². The highest BCUT2D eigenvalue weighted by Crippen LogP contribution is 2.03. The minimum Gasteiger partial charge on any atom is -0.391 e. The number of aliphatic hydroxyl groups excluding tert-OH is 1. The van der Waals surface area contributed by atoms with Crippen molar-refractivity contribution in [2.45, 2.75) is 6.61 Å². The third kappa shape index (κ3) is 1.62. The summed E-state index contributed by atoms with van der Waals surface area (Å²) >= 11 is 0. The normalized spacial score (nSPS) is 9.92. The van der Waals surface area contributed by atoms with Crippen molar-refractivity contribution in [3.05, 3.63) is 22.0 Å². The second kappa shape index (κ2) is 3.36. The van der Waals surface area contributed by atoms with E-state index in [4.69, 9.17) is 5.11 Å². The molecule has 12 heavy (non-hydrogen) atoms. The number of hydrogen-bond donors (Lipinski definition) is 2. The average Bonchev–Trinajstić information content (AvgIpc) is 2.05. The minimum atomic E-state index is -0.344. The Morgan fingerprint density at radius 2 is 2.33 bits per heavy atom. The van der Waals surface area contributed by atoms with Crippen molar-refractivity contribution in [1.29, 1.82) is 0 Å². The molecule has 0 radical (unpaired) electrons. The molecule has 0 aliphatic rings. The Bertz CT molecular complexity index is 319. The Morgan fingerprint density at radius 3 is 2.83 bits per heavy atom. The fourth-order valence-corrected chi connectivity index (χ4v) is 0.780. The highest BCUT2D eigenvalue weighted by atomic mass is 16.3. The van der Waals surface area contributed by atoms with Gasteiger partial charge < -0.3 is 10.0 Å². The molecule has 66 valence electrons. The number of nitrogens with zero attached hydrogens (tertiary/aromatic N) is 2. The number of rotatable bonds is 2. The van der Waals surface area contributed by atoms with Gasteiger partial charge in [-0.1, -0.05) is 0 Å². The lowest BCUT2D eigenvalue weighted by molar-refractivity contribution is 0.280. The van der Waals surface area contributed by atoms with E-state index in [1.165, 1.54) is 0 Å². The van der Waals surface area contributed by atoms with E-state index in [2.05, 4.69) is 10.2 Å². The van der Waals surface area contributed by atoms with Gasteiger partial charge in [-0.05, 0) is 6.07 Å². The van der Waals surface area contributed by atoms with E-state index in [1.807, 2.05) is 14.1 Å². The zero-order valence-corrected chi connectivity index (χ0v) is 7.03. The summed E-state index contributed by atoms with van der Waals surface area (Å²) in [6, 6.07) is 1.55. The number of H-pyrrole nitrogens is 1. The third-order valence-corrected chi connectivity index (χ3v) is 1.50. The van der Waals surface area contributed by atoms with Gasteiger partial charge in [-0.3, -0.25) is 4.79 Å². The van der Waals surface area contributed by atoms with Crippen molar-refractivity contribution in [2.24, 2.45) is 0 Å². The number of aromatic nitrogens is 2. The maximum Gasteiger partial charge on any atom is 0.269 e. The van der Waals surface area contributed by atoms with Gasteiger partial charge in [0.25, 0.3) is 5.56 Å². The Kier molecular flexibility index (Phi) is 2.44. The Balaban J connectivity index is 3.14. The zero-order valence-electron chi connectivity index (χ0n) is 7.03. The van der Waals surface area contributed by atoms with Crippen molar-refractivity contribution in [3.8, 4) is 0 Å². The van der Waals surface area contributed by atoms with Crippen molar-refractivity contribution in [2.75, 3.05) is 19.0 Å². The van der Waals surface area contributed by atoms with Crippen LogP contribution in [0.1, 0.15) is 5.56 Å². The third-order valence-electron chi connectivity index (χ3n) is 1.50. The second-order valence-electron chi connectivity index (χ2n) is 2.63. The van der Waals surface area contributed by atoms with Gasteiger partial charge in [0.1, 0.15) is 5.82 Å². The largest absolute Gasteiger partial charge is 0.391 e. The summed E-state index contributed by atoms with van der Waals surface area (Å²) in [4.78, 5) is 12.7. The molecule has 2 N–H and O–H groups in total. The molecule has 0 aliphatic heterocycles. The van der Waals surface area contributed by atoms with E-state index >= 15 is 0 Å². The van der Waals surface area contributed by atoms with E-state index in [0.29, 0.717) is 11.4 Å². The van der Waals surface area contributed by atoms with Gasteiger partial charge in [0, 0.05) is 19.7 Å². The number of hydrogen-bond acceptors (Lipinski definition) is 4. The summed E-state index contributed by atoms with van der Waals surface area (Å²) in [6.07, 6.45) is 0. The Morgan fingerprint density at radius 1 is 1.67 bits per heavy atom. The summed E-state index contributed by atoms with van der Waals surface area (Å²) < 4.78 is 0. The molecule has 0 fully saturated rings. The second-order valence-corrected chi connectivity index (χ2v) is 2.63. The van der Waals surface area contributed by atoms with Crippen molar-refractivity contribution in [3.63, 3.8) is 0 Å². The van der Waals surface area contributed by atoms with Crippen molar-refractivity contribution < 1.29 is 5.11 Å². The summed E-state index contributed by atoms with van der Waals surface area (Å²) in [7, 11) is 3.61. The molecule has 1 aromatic rings. The minimum absolute atomic E-state index is 0.265. The smallest absolute Gasteiger partial charge is 0.269 e. The highest BCUT2D eigenvalue weighted by Gasteiger charge is 2.02. The number of aromatic amines is 1. The molecule has 0 unspecified atom stereocenters. The molecule has 0 spiro atoms. The molecule has 0 saturated heterocycles. The SMILES string of the molecule is CN(C)c1cc(CO)c(=O)[nH]n1. The molecule has 0 bridgehead atoms. The predicted molar refractivity (Wildman–Crippen MR) is 45.1 cm³/mol. The van der Waals surface area contributed by atoms with Crippen LogP contribution in [0.2, 0.25) is 0 Å². The maximum absolute atomic E-state index is 10.9. The van der Waals surface area contributed by atoms with Crippen LogP contribution in [0, 0.1) is 0 Å². The molecular formula is C7H11N3O2. The molecule has 1 rings (SSSR count). The van der Waals surface area contributed by atoms with E-state index < -0.39 is 0 Å². The standard InChI is InChI=1S/C7H11N3O2/c1-10(2)6-3-5(4-11)7(12)9-8-6/h3,11H,4H2,1-2H3,(H,9,12). The summed E-state index contributed by atoms with van der Waals surface area (Å²) in [5, 5.41) is 14.8. The predicted octanol–water partition coefficient (Wildman–Crippen LogP) is -0.672. The fraction of sp³-hybridized carbons (Fsp3) is 0.429. The van der Waals surface area contributed by atoms with Crippen LogP contribution < -0.4 is 10.5 Å². The number of anilines is 1. The van der Waals surface area contributed by atoms with E-state index in [0.717, 1.165) is 0 Å². The molecule has 0 aliphatic carbocycles. The van der Waals surface area contributed by atoms with Gasteiger partial charge in [0.15, 0.2) is 0 Å². The van der Waals surface area contributed by atoms with Gasteiger partial charge in [-0.2, -0.15) is 5.10 Å². The fourth-order valence-electron chi connectivity index (χ4n) is 0.780. The van der Waals surface area contributed by atoms with Gasteiger partial charge >= 0.3 is 0 Å². The van der Waals surface area contributed by atoms with Crippen LogP contribution in [0.15, 0.2) is 10.9 Å². The number of nitrogens with one attached hydrogen (secondary N) is 1. The van der Waals surface area contributed by atoms with Crippen LogP contribution in [-0.4, -0.2) is 29.4 Å². The van der Waals surface area contributed by atoms with Crippen LogP contribution in [0.3, 0.4) is 0 Å². The quantitative estimate of drug-likeness (QED) is 0.616. The lowest BCUT2D eigenvalue weighted by atomic mass is 10.3. The molecule has 0 aromatic carbocycles. The van der Waals surface area contributed by atoms with Crippen LogP contribution in [0.4, 0.5) is 5.82 Å². The van der Waals surface area contributed by atoms with Crippen LogP contribution in [-0.2, 0) is 6.61 Å². The molecule has 1 heterocycles. The van der Waals surface area contributed by atoms with Gasteiger partial charge in [0.2, 0.25) is 0 Å². The zero-order chi connectivity index (χ0) is 9.14. The maximum atomic E-state index is 10.9. The van der Waals surface area contributed by atoms with E-state index in [9.17, 15) is 4.79 Å². The van der Waals surface area contributed by atoms with E-state index in [-0.39, 0.29) is 12.2 Å². The van der Waals surface area contributed by atoms with Crippen LogP contribution in [0.25, 0.3) is 0 Å². The van der Waals surface area contributed by atoms with Gasteiger partial charge in [-0.15, -0.1) is 0 Å². The monoisotopic (exact) mass is 169 g/mol. The first kappa shape index (κ1) is 8.73. The molecule has 0 atom stereocenters. The lowest BCUT2D eigenvalue weighted by Gasteiger charge is -2.10. The number of aliphatic hydroxyl groups is 1. The molecular weight excluding hydrogens is 158 g/mol. The molecule has 0 amide bonds. The molecule has 0 saturated carbocycles.